The number of aromatic nitrogens is 2. The maximum atomic E-state index is 11.4. The molecule has 0 spiro atoms. The smallest absolute Gasteiger partial charge is 0.407 e. The molecule has 6 nitrogen and oxygen atoms in total. The second-order valence-electron chi connectivity index (χ2n) is 5.84. The summed E-state index contributed by atoms with van der Waals surface area (Å²) in [6.45, 7) is 10.7. The highest BCUT2D eigenvalue weighted by molar-refractivity contribution is 5.67. The molecule has 1 rings (SSSR count). The van der Waals surface area contributed by atoms with Crippen molar-refractivity contribution in [3.05, 3.63) is 18.1 Å². The minimum atomic E-state index is -0.476. The molecule has 0 unspecified atom stereocenters. The van der Waals surface area contributed by atoms with E-state index in [2.05, 4.69) is 34.4 Å². The molecule has 0 aliphatic heterocycles. The lowest BCUT2D eigenvalue weighted by Gasteiger charge is -2.19. The number of hydrogen-bond acceptors (Lipinski definition) is 5. The first-order valence-electron chi connectivity index (χ1n) is 6.80. The molecule has 20 heavy (non-hydrogen) atoms. The molecular formula is C14H24N4O2. The van der Waals surface area contributed by atoms with Gasteiger partial charge in [0.25, 0.3) is 0 Å². The Morgan fingerprint density at radius 2 is 2.00 bits per heavy atom. The Bertz CT molecular complexity index is 441. The van der Waals surface area contributed by atoms with Gasteiger partial charge in [-0.2, -0.15) is 0 Å². The summed E-state index contributed by atoms with van der Waals surface area (Å²) in [4.78, 5) is 19.8. The SMILES string of the molecule is CC(C)c1cc(NCCNC(=O)OC(C)(C)C)ncn1. The summed E-state index contributed by atoms with van der Waals surface area (Å²) >= 11 is 0. The van der Waals surface area contributed by atoms with E-state index >= 15 is 0 Å². The molecule has 0 fully saturated rings. The number of nitrogens with zero attached hydrogens (tertiary/aromatic N) is 2. The Morgan fingerprint density at radius 1 is 1.30 bits per heavy atom. The van der Waals surface area contributed by atoms with Crippen LogP contribution in [0.5, 0.6) is 0 Å². The van der Waals surface area contributed by atoms with E-state index in [-0.39, 0.29) is 0 Å². The number of hydrogen-bond donors (Lipinski definition) is 2. The van der Waals surface area contributed by atoms with Gasteiger partial charge in [0.05, 0.1) is 0 Å². The Balaban J connectivity index is 2.31. The van der Waals surface area contributed by atoms with E-state index in [0.29, 0.717) is 19.0 Å². The summed E-state index contributed by atoms with van der Waals surface area (Å²) in [5.41, 5.74) is 0.513. The molecule has 2 N–H and O–H groups in total. The van der Waals surface area contributed by atoms with Crippen LogP contribution >= 0.6 is 0 Å². The molecule has 0 atom stereocenters. The van der Waals surface area contributed by atoms with Crippen LogP contribution in [0.25, 0.3) is 0 Å². The third-order valence-electron chi connectivity index (χ3n) is 2.38. The van der Waals surface area contributed by atoms with Crippen LogP contribution < -0.4 is 10.6 Å². The van der Waals surface area contributed by atoms with Crippen molar-refractivity contribution in [1.82, 2.24) is 15.3 Å². The molecule has 0 saturated carbocycles. The van der Waals surface area contributed by atoms with Crippen molar-refractivity contribution >= 4 is 11.9 Å². The topological polar surface area (TPSA) is 76.1 Å². The first-order valence-corrected chi connectivity index (χ1v) is 6.80. The van der Waals surface area contributed by atoms with Gasteiger partial charge in [0.2, 0.25) is 0 Å². The van der Waals surface area contributed by atoms with Crippen LogP contribution in [0.2, 0.25) is 0 Å². The lowest BCUT2D eigenvalue weighted by atomic mass is 10.1. The molecule has 1 aromatic rings. The Morgan fingerprint density at radius 3 is 2.60 bits per heavy atom. The third kappa shape index (κ3) is 6.36. The van der Waals surface area contributed by atoms with Crippen molar-refractivity contribution in [3.8, 4) is 0 Å². The van der Waals surface area contributed by atoms with Gasteiger partial charge in [0.15, 0.2) is 0 Å². The maximum Gasteiger partial charge on any atom is 0.407 e. The van der Waals surface area contributed by atoms with Crippen molar-refractivity contribution in [3.63, 3.8) is 0 Å². The van der Waals surface area contributed by atoms with Gasteiger partial charge in [-0.05, 0) is 26.7 Å². The molecule has 6 heteroatoms. The molecule has 1 amide bonds. The van der Waals surface area contributed by atoms with Crippen molar-refractivity contribution < 1.29 is 9.53 Å². The minimum absolute atomic E-state index is 0.360. The van der Waals surface area contributed by atoms with Crippen LogP contribution in [0.4, 0.5) is 10.6 Å². The minimum Gasteiger partial charge on any atom is -0.444 e. The highest BCUT2D eigenvalue weighted by Crippen LogP contribution is 2.13. The molecule has 1 aromatic heterocycles. The first kappa shape index (κ1) is 16.2. The highest BCUT2D eigenvalue weighted by Gasteiger charge is 2.15. The normalized spacial score (nSPS) is 11.3. The summed E-state index contributed by atoms with van der Waals surface area (Å²) in [6, 6.07) is 1.91. The van der Waals surface area contributed by atoms with Crippen LogP contribution in [-0.2, 0) is 4.74 Å². The van der Waals surface area contributed by atoms with Gasteiger partial charge < -0.3 is 15.4 Å². The number of nitrogens with one attached hydrogen (secondary N) is 2. The Labute approximate surface area is 120 Å². The predicted molar refractivity (Wildman–Crippen MR) is 78.8 cm³/mol. The number of carbonyl (C=O) groups is 1. The van der Waals surface area contributed by atoms with Gasteiger partial charge in [-0.1, -0.05) is 13.8 Å². The van der Waals surface area contributed by atoms with Crippen molar-refractivity contribution in [2.45, 2.75) is 46.1 Å². The fraction of sp³-hybridized carbons (Fsp3) is 0.643. The lowest BCUT2D eigenvalue weighted by molar-refractivity contribution is 0.0530. The molecule has 1 heterocycles. The molecule has 0 aliphatic rings. The van der Waals surface area contributed by atoms with E-state index in [1.807, 2.05) is 26.8 Å². The number of alkyl carbamates (subject to hydrolysis) is 1. The number of anilines is 1. The van der Waals surface area contributed by atoms with Crippen LogP contribution in [-0.4, -0.2) is 34.8 Å². The van der Waals surface area contributed by atoms with E-state index in [1.165, 1.54) is 0 Å². The van der Waals surface area contributed by atoms with E-state index in [1.54, 1.807) is 6.33 Å². The molecule has 0 saturated heterocycles. The molecule has 0 aliphatic carbocycles. The summed E-state index contributed by atoms with van der Waals surface area (Å²) < 4.78 is 5.14. The number of carbonyl (C=O) groups excluding carboxylic acids is 1. The zero-order chi connectivity index (χ0) is 15.2. The summed E-state index contributed by atoms with van der Waals surface area (Å²) in [5, 5.41) is 5.82. The van der Waals surface area contributed by atoms with Crippen molar-refractivity contribution in [2.75, 3.05) is 18.4 Å². The Hall–Kier alpha value is -1.85. The quantitative estimate of drug-likeness (QED) is 0.811. The highest BCUT2D eigenvalue weighted by atomic mass is 16.6. The van der Waals surface area contributed by atoms with E-state index in [0.717, 1.165) is 11.5 Å². The number of amides is 1. The van der Waals surface area contributed by atoms with Gasteiger partial charge in [0.1, 0.15) is 17.7 Å². The third-order valence-corrected chi connectivity index (χ3v) is 2.38. The first-order chi connectivity index (χ1) is 9.28. The van der Waals surface area contributed by atoms with Gasteiger partial charge >= 0.3 is 6.09 Å². The zero-order valence-corrected chi connectivity index (χ0v) is 12.9. The predicted octanol–water partition coefficient (Wildman–Crippen LogP) is 2.54. The van der Waals surface area contributed by atoms with Crippen molar-refractivity contribution in [1.29, 1.82) is 0 Å². The van der Waals surface area contributed by atoms with Gasteiger partial charge in [-0.25, -0.2) is 14.8 Å². The van der Waals surface area contributed by atoms with Crippen LogP contribution in [0, 0.1) is 0 Å². The summed E-state index contributed by atoms with van der Waals surface area (Å²) in [5.74, 6) is 1.12. The van der Waals surface area contributed by atoms with Gasteiger partial charge in [0, 0.05) is 24.8 Å². The van der Waals surface area contributed by atoms with Crippen LogP contribution in [0.1, 0.15) is 46.2 Å². The van der Waals surface area contributed by atoms with E-state index < -0.39 is 11.7 Å². The fourth-order valence-electron chi connectivity index (χ4n) is 1.45. The number of rotatable bonds is 5. The standard InChI is InChI=1S/C14H24N4O2/c1-10(2)11-8-12(18-9-17-11)15-6-7-16-13(19)20-14(3,4)5/h8-10H,6-7H2,1-5H3,(H,16,19)(H,15,17,18). The average molecular weight is 280 g/mol. The average Bonchev–Trinajstić information content (AvgIpc) is 2.33. The second-order valence-corrected chi connectivity index (χ2v) is 5.84. The molecule has 0 aromatic carbocycles. The largest absolute Gasteiger partial charge is 0.444 e. The van der Waals surface area contributed by atoms with Crippen molar-refractivity contribution in [2.24, 2.45) is 0 Å². The van der Waals surface area contributed by atoms with E-state index in [4.69, 9.17) is 4.74 Å². The molecule has 0 radical (unpaired) electrons. The monoisotopic (exact) mass is 280 g/mol. The Kier molecular flexibility index (Phi) is 5.73. The molecule has 112 valence electrons. The van der Waals surface area contributed by atoms with E-state index in [9.17, 15) is 4.79 Å². The van der Waals surface area contributed by atoms with Gasteiger partial charge in [-0.15, -0.1) is 0 Å². The van der Waals surface area contributed by atoms with Crippen LogP contribution in [0.15, 0.2) is 12.4 Å². The maximum absolute atomic E-state index is 11.4. The second kappa shape index (κ2) is 7.07. The van der Waals surface area contributed by atoms with Crippen LogP contribution in [0.3, 0.4) is 0 Å². The van der Waals surface area contributed by atoms with Gasteiger partial charge in [-0.3, -0.25) is 0 Å². The summed E-state index contributed by atoms with van der Waals surface area (Å²) in [6.07, 6.45) is 1.13. The molecular weight excluding hydrogens is 256 g/mol. The molecule has 0 bridgehead atoms. The number of ether oxygens (including phenoxy) is 1. The fourth-order valence-corrected chi connectivity index (χ4v) is 1.45. The summed E-state index contributed by atoms with van der Waals surface area (Å²) in [7, 11) is 0. The lowest BCUT2D eigenvalue weighted by Crippen LogP contribution is -2.35. The zero-order valence-electron chi connectivity index (χ0n) is 12.9.